The standard InChI is InChI=1S/C24H38N6.HI/c1-20-17-21(2)30(28-20)16-10-13-26-24(25-3)27-18-22-11-6-7-12-23(22)19-29-14-8-4-5-9-15-29;/h6-7,11-12,17H,4-5,8-10,13-16,18-19H2,1-3H3,(H2,25,26,27);1H. The van der Waals surface area contributed by atoms with Crippen LogP contribution in [0.4, 0.5) is 0 Å². The fourth-order valence-electron chi connectivity index (χ4n) is 4.16. The van der Waals surface area contributed by atoms with E-state index in [9.17, 15) is 0 Å². The van der Waals surface area contributed by atoms with Gasteiger partial charge in [0.25, 0.3) is 0 Å². The Bertz CT molecular complexity index is 808. The van der Waals surface area contributed by atoms with Crippen LogP contribution in [0.2, 0.25) is 0 Å². The minimum absolute atomic E-state index is 0. The Balaban J connectivity index is 0.00000341. The highest BCUT2D eigenvalue weighted by atomic mass is 127. The molecule has 172 valence electrons. The van der Waals surface area contributed by atoms with Crippen molar-refractivity contribution >= 4 is 29.9 Å². The van der Waals surface area contributed by atoms with E-state index >= 15 is 0 Å². The number of nitrogens with one attached hydrogen (secondary N) is 2. The highest BCUT2D eigenvalue weighted by Crippen LogP contribution is 2.16. The minimum atomic E-state index is 0. The second-order valence-corrected chi connectivity index (χ2v) is 8.32. The smallest absolute Gasteiger partial charge is 0.191 e. The van der Waals surface area contributed by atoms with Crippen LogP contribution in [0.1, 0.15) is 54.6 Å². The fraction of sp³-hybridized carbons (Fsp3) is 0.583. The molecule has 2 aromatic rings. The maximum Gasteiger partial charge on any atom is 0.191 e. The molecule has 1 aliphatic rings. The molecule has 3 rings (SSSR count). The molecule has 0 amide bonds. The second-order valence-electron chi connectivity index (χ2n) is 8.32. The number of aromatic nitrogens is 2. The van der Waals surface area contributed by atoms with Crippen molar-refractivity contribution in [3.8, 4) is 0 Å². The third kappa shape index (κ3) is 8.44. The topological polar surface area (TPSA) is 57.5 Å². The average molecular weight is 539 g/mol. The number of likely N-dealkylation sites (tertiary alicyclic amines) is 1. The Hall–Kier alpha value is -1.61. The van der Waals surface area contributed by atoms with Gasteiger partial charge in [0.05, 0.1) is 5.69 Å². The van der Waals surface area contributed by atoms with Gasteiger partial charge in [-0.3, -0.25) is 14.6 Å². The first kappa shape index (κ1) is 25.6. The number of hydrogen-bond acceptors (Lipinski definition) is 3. The lowest BCUT2D eigenvalue weighted by molar-refractivity contribution is 0.276. The molecule has 1 fully saturated rings. The van der Waals surface area contributed by atoms with E-state index in [0.29, 0.717) is 0 Å². The Morgan fingerprint density at radius 1 is 1.03 bits per heavy atom. The highest BCUT2D eigenvalue weighted by molar-refractivity contribution is 14.0. The maximum atomic E-state index is 4.53. The summed E-state index contributed by atoms with van der Waals surface area (Å²) in [5.74, 6) is 0.855. The number of aryl methyl sites for hydroxylation is 3. The van der Waals surface area contributed by atoms with Crippen LogP contribution in [0.15, 0.2) is 35.3 Å². The zero-order valence-electron chi connectivity index (χ0n) is 19.4. The first-order valence-corrected chi connectivity index (χ1v) is 11.4. The van der Waals surface area contributed by atoms with Gasteiger partial charge >= 0.3 is 0 Å². The van der Waals surface area contributed by atoms with E-state index < -0.39 is 0 Å². The third-order valence-electron chi connectivity index (χ3n) is 5.82. The lowest BCUT2D eigenvalue weighted by Crippen LogP contribution is -2.38. The van der Waals surface area contributed by atoms with Crippen molar-refractivity contribution in [3.05, 3.63) is 52.8 Å². The number of benzene rings is 1. The quantitative estimate of drug-likeness (QED) is 0.229. The monoisotopic (exact) mass is 538 g/mol. The Morgan fingerprint density at radius 2 is 1.74 bits per heavy atom. The normalized spacial score (nSPS) is 15.3. The van der Waals surface area contributed by atoms with E-state index in [1.54, 1.807) is 0 Å². The Kier molecular flexibility index (Phi) is 11.4. The van der Waals surface area contributed by atoms with Gasteiger partial charge in [-0.1, -0.05) is 37.1 Å². The first-order valence-electron chi connectivity index (χ1n) is 11.4. The van der Waals surface area contributed by atoms with Crippen LogP contribution in [-0.2, 0) is 19.6 Å². The van der Waals surface area contributed by atoms with E-state index in [-0.39, 0.29) is 24.0 Å². The number of nitrogens with zero attached hydrogens (tertiary/aromatic N) is 4. The SMILES string of the molecule is CN=C(NCCCn1nc(C)cc1C)NCc1ccccc1CN1CCCCCC1.I. The van der Waals surface area contributed by atoms with Gasteiger partial charge in [0, 0.05) is 38.9 Å². The molecule has 0 spiro atoms. The summed E-state index contributed by atoms with van der Waals surface area (Å²) in [5.41, 5.74) is 5.08. The lowest BCUT2D eigenvalue weighted by atomic mass is 10.1. The summed E-state index contributed by atoms with van der Waals surface area (Å²) < 4.78 is 2.08. The van der Waals surface area contributed by atoms with Gasteiger partial charge in [-0.25, -0.2) is 0 Å². The molecule has 31 heavy (non-hydrogen) atoms. The molecule has 7 heteroatoms. The predicted octanol–water partition coefficient (Wildman–Crippen LogP) is 4.25. The van der Waals surface area contributed by atoms with Crippen molar-refractivity contribution in [2.45, 2.75) is 65.6 Å². The van der Waals surface area contributed by atoms with Gasteiger partial charge in [0.15, 0.2) is 5.96 Å². The molecule has 0 atom stereocenters. The zero-order valence-corrected chi connectivity index (χ0v) is 21.7. The molecule has 2 N–H and O–H groups in total. The third-order valence-corrected chi connectivity index (χ3v) is 5.82. The molecule has 0 aliphatic carbocycles. The maximum absolute atomic E-state index is 4.53. The van der Waals surface area contributed by atoms with E-state index in [4.69, 9.17) is 0 Å². The molecule has 1 aliphatic heterocycles. The fourth-order valence-corrected chi connectivity index (χ4v) is 4.16. The number of guanidine groups is 1. The summed E-state index contributed by atoms with van der Waals surface area (Å²) in [6.07, 6.45) is 6.42. The molecule has 1 aromatic carbocycles. The number of aliphatic imine (C=N–C) groups is 1. The first-order chi connectivity index (χ1) is 14.7. The van der Waals surface area contributed by atoms with Crippen molar-refractivity contribution in [2.75, 3.05) is 26.7 Å². The second kappa shape index (κ2) is 13.7. The van der Waals surface area contributed by atoms with Crippen LogP contribution >= 0.6 is 24.0 Å². The van der Waals surface area contributed by atoms with Crippen molar-refractivity contribution in [3.63, 3.8) is 0 Å². The van der Waals surface area contributed by atoms with Crippen LogP contribution < -0.4 is 10.6 Å². The summed E-state index contributed by atoms with van der Waals surface area (Å²) in [4.78, 5) is 7.00. The molecule has 1 aromatic heterocycles. The molecule has 0 bridgehead atoms. The van der Waals surface area contributed by atoms with Crippen LogP contribution in [0, 0.1) is 13.8 Å². The summed E-state index contributed by atoms with van der Waals surface area (Å²) >= 11 is 0. The highest BCUT2D eigenvalue weighted by Gasteiger charge is 2.12. The van der Waals surface area contributed by atoms with Gasteiger partial charge in [-0.15, -0.1) is 24.0 Å². The van der Waals surface area contributed by atoms with Crippen molar-refractivity contribution in [1.82, 2.24) is 25.3 Å². The Labute approximate surface area is 204 Å². The number of hydrogen-bond donors (Lipinski definition) is 2. The molecular formula is C24H39IN6. The van der Waals surface area contributed by atoms with Crippen LogP contribution in [0.25, 0.3) is 0 Å². The molecule has 1 saturated heterocycles. The van der Waals surface area contributed by atoms with E-state index in [0.717, 1.165) is 44.3 Å². The predicted molar refractivity (Wildman–Crippen MR) is 140 cm³/mol. The van der Waals surface area contributed by atoms with Crippen LogP contribution in [-0.4, -0.2) is 47.3 Å². The number of halogens is 1. The van der Waals surface area contributed by atoms with Gasteiger partial charge in [0.2, 0.25) is 0 Å². The van der Waals surface area contributed by atoms with E-state index in [1.807, 2.05) is 14.0 Å². The molecule has 0 saturated carbocycles. The van der Waals surface area contributed by atoms with Crippen molar-refractivity contribution in [1.29, 1.82) is 0 Å². The molecule has 6 nitrogen and oxygen atoms in total. The van der Waals surface area contributed by atoms with Crippen LogP contribution in [0.3, 0.4) is 0 Å². The zero-order chi connectivity index (χ0) is 21.2. The van der Waals surface area contributed by atoms with E-state index in [2.05, 4.69) is 67.6 Å². The van der Waals surface area contributed by atoms with Crippen molar-refractivity contribution in [2.24, 2.45) is 4.99 Å². The summed E-state index contributed by atoms with van der Waals surface area (Å²) in [7, 11) is 1.83. The van der Waals surface area contributed by atoms with Crippen LogP contribution in [0.5, 0.6) is 0 Å². The number of rotatable bonds is 8. The largest absolute Gasteiger partial charge is 0.356 e. The van der Waals surface area contributed by atoms with Crippen molar-refractivity contribution < 1.29 is 0 Å². The summed E-state index contributed by atoms with van der Waals surface area (Å²) in [5, 5.41) is 11.4. The van der Waals surface area contributed by atoms with Gasteiger partial charge in [-0.2, -0.15) is 5.10 Å². The molecule has 0 radical (unpaired) electrons. The molecular weight excluding hydrogens is 499 g/mol. The van der Waals surface area contributed by atoms with Gasteiger partial charge in [-0.05, 0) is 63.4 Å². The molecule has 0 unspecified atom stereocenters. The van der Waals surface area contributed by atoms with E-state index in [1.165, 1.54) is 55.6 Å². The molecule has 2 heterocycles. The Morgan fingerprint density at radius 3 is 2.39 bits per heavy atom. The minimum Gasteiger partial charge on any atom is -0.356 e. The summed E-state index contributed by atoms with van der Waals surface area (Å²) in [6.45, 7) is 10.2. The lowest BCUT2D eigenvalue weighted by Gasteiger charge is -2.22. The van der Waals surface area contributed by atoms with Gasteiger partial charge in [0.1, 0.15) is 0 Å². The average Bonchev–Trinajstić information content (AvgIpc) is 2.92. The summed E-state index contributed by atoms with van der Waals surface area (Å²) in [6, 6.07) is 10.9. The van der Waals surface area contributed by atoms with Gasteiger partial charge < -0.3 is 10.6 Å².